The van der Waals surface area contributed by atoms with Gasteiger partial charge in [0.05, 0.1) is 0 Å². The van der Waals surface area contributed by atoms with E-state index in [0.29, 0.717) is 18.9 Å². The fraction of sp³-hybridized carbons (Fsp3) is 0.438. The number of fused-ring (bicyclic) bond motifs is 1. The van der Waals surface area contributed by atoms with Crippen molar-refractivity contribution in [2.24, 2.45) is 0 Å². The summed E-state index contributed by atoms with van der Waals surface area (Å²) in [4.78, 5) is 34.0. The van der Waals surface area contributed by atoms with Gasteiger partial charge in [-0.1, -0.05) is 12.2 Å². The molecule has 24 heavy (non-hydrogen) atoms. The lowest BCUT2D eigenvalue weighted by Gasteiger charge is -2.20. The van der Waals surface area contributed by atoms with Gasteiger partial charge in [0.15, 0.2) is 6.61 Å². The van der Waals surface area contributed by atoms with E-state index in [1.807, 2.05) is 33.8 Å². The van der Waals surface area contributed by atoms with Crippen LogP contribution in [-0.4, -0.2) is 56.1 Å². The van der Waals surface area contributed by atoms with E-state index in [0.717, 1.165) is 17.0 Å². The van der Waals surface area contributed by atoms with Crippen molar-refractivity contribution >= 4 is 17.7 Å². The van der Waals surface area contributed by atoms with Gasteiger partial charge in [-0.25, -0.2) is 14.3 Å². The second-order valence-electron chi connectivity index (χ2n) is 5.63. The van der Waals surface area contributed by atoms with Crippen LogP contribution in [0.1, 0.15) is 35.9 Å². The van der Waals surface area contributed by atoms with Crippen molar-refractivity contribution < 1.29 is 14.3 Å². The summed E-state index contributed by atoms with van der Waals surface area (Å²) in [5.74, 6) is -0.838. The number of rotatable bonds is 6. The summed E-state index contributed by atoms with van der Waals surface area (Å²) in [5, 5.41) is 4.07. The Kier molecular flexibility index (Phi) is 5.28. The van der Waals surface area contributed by atoms with E-state index in [4.69, 9.17) is 4.74 Å². The first-order valence-electron chi connectivity index (χ1n) is 7.62. The molecule has 0 aliphatic carbocycles. The lowest BCUT2D eigenvalue weighted by molar-refractivity contribution is -0.133. The molecule has 1 amide bonds. The summed E-state index contributed by atoms with van der Waals surface area (Å²) in [7, 11) is 0. The first-order valence-corrected chi connectivity index (χ1v) is 7.62. The molecule has 0 atom stereocenters. The zero-order valence-electron chi connectivity index (χ0n) is 14.4. The summed E-state index contributed by atoms with van der Waals surface area (Å²) in [5.41, 5.74) is 2.44. The molecule has 2 heterocycles. The second-order valence-corrected chi connectivity index (χ2v) is 5.63. The SMILES string of the molecule is C=C(C)CN(CC)C(=O)COC(=O)c1nc2nc(C)cc(C)n2n1. The first kappa shape index (κ1) is 17.6. The summed E-state index contributed by atoms with van der Waals surface area (Å²) in [6, 6.07) is 1.83. The molecular formula is C16H21N5O3. The van der Waals surface area contributed by atoms with Crippen molar-refractivity contribution in [1.82, 2.24) is 24.5 Å². The van der Waals surface area contributed by atoms with Crippen molar-refractivity contribution in [2.75, 3.05) is 19.7 Å². The molecule has 0 spiro atoms. The van der Waals surface area contributed by atoms with E-state index >= 15 is 0 Å². The summed E-state index contributed by atoms with van der Waals surface area (Å²) >= 11 is 0. The van der Waals surface area contributed by atoms with E-state index in [1.165, 1.54) is 4.52 Å². The van der Waals surface area contributed by atoms with Crippen LogP contribution in [0.15, 0.2) is 18.2 Å². The molecule has 0 radical (unpaired) electrons. The number of aryl methyl sites for hydroxylation is 2. The predicted molar refractivity (Wildman–Crippen MR) is 87.6 cm³/mol. The number of esters is 1. The Morgan fingerprint density at radius 3 is 2.67 bits per heavy atom. The average molecular weight is 331 g/mol. The highest BCUT2D eigenvalue weighted by Crippen LogP contribution is 2.06. The summed E-state index contributed by atoms with van der Waals surface area (Å²) < 4.78 is 6.49. The molecule has 0 unspecified atom stereocenters. The second kappa shape index (κ2) is 7.20. The Balaban J connectivity index is 2.06. The number of carbonyl (C=O) groups is 2. The van der Waals surface area contributed by atoms with Crippen LogP contribution >= 0.6 is 0 Å². The quantitative estimate of drug-likeness (QED) is 0.586. The van der Waals surface area contributed by atoms with Gasteiger partial charge in [-0.3, -0.25) is 4.79 Å². The largest absolute Gasteiger partial charge is 0.450 e. The Hall–Kier alpha value is -2.77. The Morgan fingerprint density at radius 2 is 2.04 bits per heavy atom. The van der Waals surface area contributed by atoms with Crippen LogP contribution in [0.2, 0.25) is 0 Å². The van der Waals surface area contributed by atoms with Crippen LogP contribution < -0.4 is 0 Å². The minimum Gasteiger partial charge on any atom is -0.450 e. The van der Waals surface area contributed by atoms with E-state index in [2.05, 4.69) is 21.6 Å². The maximum absolute atomic E-state index is 12.1. The smallest absolute Gasteiger partial charge is 0.378 e. The molecular weight excluding hydrogens is 310 g/mol. The standard InChI is InChI=1S/C16H21N5O3/c1-6-20(8-10(2)3)13(22)9-24-15(23)14-18-16-17-11(4)7-12(5)21(16)19-14/h7H,2,6,8-9H2,1,3-5H3. The molecule has 8 nitrogen and oxygen atoms in total. The highest BCUT2D eigenvalue weighted by molar-refractivity contribution is 5.88. The number of carbonyl (C=O) groups excluding carboxylic acids is 2. The number of ether oxygens (including phenoxy) is 1. The Labute approximate surface area is 140 Å². The van der Waals surface area contributed by atoms with Crippen molar-refractivity contribution in [3.63, 3.8) is 0 Å². The molecule has 0 fully saturated rings. The number of hydrogen-bond donors (Lipinski definition) is 0. The molecule has 2 aromatic heterocycles. The van der Waals surface area contributed by atoms with Gasteiger partial charge in [0.2, 0.25) is 0 Å². The number of likely N-dealkylation sites (N-methyl/N-ethyl adjacent to an activating group) is 1. The molecule has 0 aliphatic heterocycles. The van der Waals surface area contributed by atoms with Gasteiger partial charge in [0, 0.05) is 24.5 Å². The third kappa shape index (κ3) is 3.95. The Bertz CT molecular complexity index is 796. The summed E-state index contributed by atoms with van der Waals surface area (Å²) in [6.45, 7) is 11.7. The van der Waals surface area contributed by atoms with Crippen LogP contribution in [0.25, 0.3) is 5.78 Å². The maximum Gasteiger partial charge on any atom is 0.378 e. The first-order chi connectivity index (χ1) is 11.3. The number of aromatic nitrogens is 4. The van der Waals surface area contributed by atoms with Gasteiger partial charge in [-0.2, -0.15) is 4.98 Å². The minimum atomic E-state index is -0.753. The van der Waals surface area contributed by atoms with E-state index in [9.17, 15) is 9.59 Å². The van der Waals surface area contributed by atoms with E-state index in [-0.39, 0.29) is 18.3 Å². The zero-order valence-corrected chi connectivity index (χ0v) is 14.4. The molecule has 0 N–H and O–H groups in total. The molecule has 2 rings (SSSR count). The van der Waals surface area contributed by atoms with Crippen molar-refractivity contribution in [3.05, 3.63) is 35.4 Å². The number of hydrogen-bond acceptors (Lipinski definition) is 6. The number of amides is 1. The summed E-state index contributed by atoms with van der Waals surface area (Å²) in [6.07, 6.45) is 0. The molecule has 8 heteroatoms. The van der Waals surface area contributed by atoms with Gasteiger partial charge in [-0.05, 0) is 33.8 Å². The highest BCUT2D eigenvalue weighted by Gasteiger charge is 2.19. The average Bonchev–Trinajstić information content (AvgIpc) is 2.94. The molecule has 0 bridgehead atoms. The van der Waals surface area contributed by atoms with Gasteiger partial charge in [0.1, 0.15) is 0 Å². The third-order valence-corrected chi connectivity index (χ3v) is 3.32. The molecule has 0 aromatic carbocycles. The predicted octanol–water partition coefficient (Wildman–Crippen LogP) is 1.32. The van der Waals surface area contributed by atoms with E-state index in [1.54, 1.807) is 4.90 Å². The molecule has 0 aliphatic rings. The topological polar surface area (TPSA) is 89.7 Å². The molecule has 0 saturated heterocycles. The van der Waals surface area contributed by atoms with Crippen LogP contribution in [0.3, 0.4) is 0 Å². The normalized spacial score (nSPS) is 10.7. The van der Waals surface area contributed by atoms with Gasteiger partial charge in [0.25, 0.3) is 17.5 Å². The fourth-order valence-corrected chi connectivity index (χ4v) is 2.24. The van der Waals surface area contributed by atoms with Crippen LogP contribution in [0.4, 0.5) is 0 Å². The minimum absolute atomic E-state index is 0.119. The van der Waals surface area contributed by atoms with Crippen molar-refractivity contribution in [2.45, 2.75) is 27.7 Å². The molecule has 0 saturated carbocycles. The maximum atomic E-state index is 12.1. The van der Waals surface area contributed by atoms with Crippen LogP contribution in [0.5, 0.6) is 0 Å². The third-order valence-electron chi connectivity index (χ3n) is 3.32. The van der Waals surface area contributed by atoms with Crippen LogP contribution in [0, 0.1) is 13.8 Å². The lowest BCUT2D eigenvalue weighted by atomic mass is 10.3. The number of nitrogens with zero attached hydrogens (tertiary/aromatic N) is 5. The zero-order chi connectivity index (χ0) is 17.9. The van der Waals surface area contributed by atoms with Gasteiger partial charge in [-0.15, -0.1) is 5.10 Å². The van der Waals surface area contributed by atoms with Crippen LogP contribution in [-0.2, 0) is 9.53 Å². The molecule has 2 aromatic rings. The Morgan fingerprint density at radius 1 is 1.33 bits per heavy atom. The van der Waals surface area contributed by atoms with Crippen molar-refractivity contribution in [3.8, 4) is 0 Å². The monoisotopic (exact) mass is 331 g/mol. The van der Waals surface area contributed by atoms with E-state index < -0.39 is 5.97 Å². The fourth-order valence-electron chi connectivity index (χ4n) is 2.24. The van der Waals surface area contributed by atoms with Crippen molar-refractivity contribution in [1.29, 1.82) is 0 Å². The van der Waals surface area contributed by atoms with Gasteiger partial charge >= 0.3 is 5.97 Å². The molecule has 128 valence electrons. The van der Waals surface area contributed by atoms with Gasteiger partial charge < -0.3 is 9.64 Å². The lowest BCUT2D eigenvalue weighted by Crippen LogP contribution is -2.35. The highest BCUT2D eigenvalue weighted by atomic mass is 16.5.